The van der Waals surface area contributed by atoms with E-state index in [2.05, 4.69) is 85.3 Å². The number of para-hydroxylation sites is 4. The Morgan fingerprint density at radius 1 is 0.448 bits per heavy atom. The van der Waals surface area contributed by atoms with Gasteiger partial charge in [0.05, 0.1) is 110 Å². The lowest BCUT2D eigenvalue weighted by Crippen LogP contribution is -2.41. The van der Waals surface area contributed by atoms with E-state index in [-0.39, 0.29) is 41.5 Å². The number of hydrogen-bond acceptors (Lipinski definition) is 19. The first-order valence-corrected chi connectivity index (χ1v) is 41.8. The molecule has 0 atom stereocenters. The van der Waals surface area contributed by atoms with E-state index in [1.807, 2.05) is 229 Å². The largest absolute Gasteiger partial charge is 0.512 e. The van der Waals surface area contributed by atoms with Crippen molar-refractivity contribution >= 4 is 269 Å². The van der Waals surface area contributed by atoms with Gasteiger partial charge in [-0.25, -0.2) is 15.0 Å². The van der Waals surface area contributed by atoms with Crippen LogP contribution in [0, 0.1) is 3.57 Å². The van der Waals surface area contributed by atoms with Crippen LogP contribution in [0.5, 0.6) is 11.5 Å². The number of anilines is 2. The minimum atomic E-state index is -1.62. The number of halogens is 8. The molecule has 604 valence electrons. The van der Waals surface area contributed by atoms with Crippen LogP contribution >= 0.6 is 130 Å². The summed E-state index contributed by atoms with van der Waals surface area (Å²) in [6.07, 6.45) is 2.56. The predicted molar refractivity (Wildman–Crippen MR) is 499 cm³/mol. The normalized spacial score (nSPS) is 16.4. The molecule has 19 nitrogen and oxygen atoms in total. The summed E-state index contributed by atoms with van der Waals surface area (Å²) in [5, 5.41) is 26.2. The van der Waals surface area contributed by atoms with E-state index in [9.17, 15) is 0 Å². The number of furan rings is 2. The average Bonchev–Trinajstić information content (AvgIpc) is 1.60. The van der Waals surface area contributed by atoms with Crippen molar-refractivity contribution in [2.24, 2.45) is 0 Å². The maximum absolute atomic E-state index is 9.11. The fourth-order valence-electron chi connectivity index (χ4n) is 12.6. The SMILES string of the molecule is C1CCOC1.CC1(C)OB(B2OC(C)(C)C(C)(C)O2)OC1(C)C.CC1(C)OB(c2ccc(Cl)c3oc4cc5ccccc5nc4c23)OC1(C)C.COc1cc2ccccc2nc1-c1c(Br)ccc(Cl)c1N.COc1cc2ccccc2nc1B(O)O.Clc1ccc(Br)c2c1oc1cc3ccccc3nc12.Nc1c(Cl)ccc(Br)c1I.S. The number of fused-ring (bicyclic) bond motifs is 10. The quantitative estimate of drug-likeness (QED) is 0.0522. The van der Waals surface area contributed by atoms with Crippen molar-refractivity contribution in [3.8, 4) is 22.8 Å². The number of nitrogens with zero attached hydrogens (tertiary/aromatic N) is 4. The zero-order valence-electron chi connectivity index (χ0n) is 66.2. The molecule has 10 heterocycles. The molecule has 4 fully saturated rings. The highest BCUT2D eigenvalue weighted by Crippen LogP contribution is 2.46. The van der Waals surface area contributed by atoms with E-state index in [0.717, 1.165) is 107 Å². The molecule has 0 aliphatic carbocycles. The number of nitrogens with two attached hydrogens (primary N) is 2. The summed E-state index contributed by atoms with van der Waals surface area (Å²) in [7, 11) is 0.00204. The molecule has 0 amide bonds. The van der Waals surface area contributed by atoms with Gasteiger partial charge in [-0.2, -0.15) is 13.5 Å². The highest BCUT2D eigenvalue weighted by atomic mass is 127. The highest BCUT2D eigenvalue weighted by molar-refractivity contribution is 14.1. The predicted octanol–water partition coefficient (Wildman–Crippen LogP) is 21.9. The molecule has 0 spiro atoms. The molecule has 116 heavy (non-hydrogen) atoms. The number of pyridine rings is 4. The van der Waals surface area contributed by atoms with Gasteiger partial charge in [0.25, 0.3) is 0 Å². The van der Waals surface area contributed by atoms with Gasteiger partial charge in [-0.1, -0.05) is 141 Å². The molecule has 8 aromatic carbocycles. The molecular weight excluding hydrogens is 1880 g/mol. The third kappa shape index (κ3) is 19.4. The summed E-state index contributed by atoms with van der Waals surface area (Å²) < 4.78 is 67.5. The fraction of sp³-hybridized carbons (Fsp3) is 0.286. The van der Waals surface area contributed by atoms with Crippen molar-refractivity contribution in [2.75, 3.05) is 38.9 Å². The van der Waals surface area contributed by atoms with Crippen molar-refractivity contribution in [2.45, 2.75) is 130 Å². The van der Waals surface area contributed by atoms with E-state index in [0.29, 0.717) is 70.9 Å². The Kier molecular flexibility index (Phi) is 28.9. The monoisotopic (exact) mass is 1970 g/mol. The van der Waals surface area contributed by atoms with Gasteiger partial charge in [0.15, 0.2) is 22.3 Å². The maximum atomic E-state index is 9.11. The van der Waals surface area contributed by atoms with Crippen LogP contribution in [0.15, 0.2) is 192 Å². The van der Waals surface area contributed by atoms with Crippen molar-refractivity contribution in [1.82, 2.24) is 19.9 Å². The minimum Gasteiger partial charge on any atom is -0.495 e. The lowest BCUT2D eigenvalue weighted by molar-refractivity contribution is 0.00578. The topological polar surface area (TPSA) is 253 Å². The van der Waals surface area contributed by atoms with Gasteiger partial charge in [0, 0.05) is 59.1 Å². The molecule has 0 unspecified atom stereocenters. The minimum absolute atomic E-state index is 0. The van der Waals surface area contributed by atoms with Crippen molar-refractivity contribution in [1.29, 1.82) is 0 Å². The van der Waals surface area contributed by atoms with Gasteiger partial charge in [0.2, 0.25) is 0 Å². The lowest BCUT2D eigenvalue weighted by atomic mass is 9.49. The number of aromatic nitrogens is 4. The third-order valence-corrected chi connectivity index (χ3v) is 26.3. The van der Waals surface area contributed by atoms with Gasteiger partial charge in [-0.15, -0.1) is 0 Å². The molecule has 4 aliphatic rings. The van der Waals surface area contributed by atoms with E-state index in [1.165, 1.54) is 20.0 Å². The zero-order valence-corrected chi connectivity index (χ0v) is 77.1. The van der Waals surface area contributed by atoms with Gasteiger partial charge in [-0.05, 0) is 247 Å². The number of methoxy groups -OCH3 is 2. The fourth-order valence-corrected chi connectivity index (χ4v) is 15.3. The average molecular weight is 1970 g/mol. The number of nitrogen functional groups attached to an aromatic ring is 2. The first-order chi connectivity index (χ1) is 54.3. The smallest absolute Gasteiger partial charge is 0.495 e. The number of rotatable bonds is 6. The molecule has 0 radical (unpaired) electrons. The van der Waals surface area contributed by atoms with Crippen LogP contribution in [-0.2, 0) is 32.7 Å². The molecule has 18 rings (SSSR count). The molecule has 14 aromatic rings. The number of hydrogen-bond donors (Lipinski definition) is 4. The molecule has 4 aliphatic heterocycles. The summed E-state index contributed by atoms with van der Waals surface area (Å²) in [4.78, 5) is 18.3. The van der Waals surface area contributed by atoms with Crippen molar-refractivity contribution in [3.63, 3.8) is 0 Å². The lowest BCUT2D eigenvalue weighted by Gasteiger charge is -2.32. The van der Waals surface area contributed by atoms with E-state index in [4.69, 9.17) is 124 Å². The second kappa shape index (κ2) is 37.0. The maximum Gasteiger partial charge on any atom is 0.512 e. The van der Waals surface area contributed by atoms with Crippen LogP contribution in [0.1, 0.15) is 95.9 Å². The Morgan fingerprint density at radius 3 is 1.26 bits per heavy atom. The summed E-state index contributed by atoms with van der Waals surface area (Å²) in [5.41, 5.74) is 20.8. The molecule has 32 heteroatoms. The highest BCUT2D eigenvalue weighted by Gasteiger charge is 2.64. The van der Waals surface area contributed by atoms with E-state index in [1.54, 1.807) is 31.4 Å². The molecule has 0 bridgehead atoms. The van der Waals surface area contributed by atoms with Gasteiger partial charge >= 0.3 is 28.3 Å². The second-order valence-electron chi connectivity index (χ2n) is 30.4. The molecule has 6 aromatic heterocycles. The summed E-state index contributed by atoms with van der Waals surface area (Å²) >= 11 is 37.0. The first-order valence-electron chi connectivity index (χ1n) is 36.8. The summed E-state index contributed by atoms with van der Waals surface area (Å²) in [6.45, 7) is 26.4. The Balaban J connectivity index is 0.000000137. The zero-order chi connectivity index (χ0) is 83.0. The van der Waals surface area contributed by atoms with Gasteiger partial charge in [0.1, 0.15) is 33.8 Å². The van der Waals surface area contributed by atoms with Crippen LogP contribution in [0.4, 0.5) is 11.4 Å². The van der Waals surface area contributed by atoms with Crippen LogP contribution < -0.4 is 32.0 Å². The molecule has 6 N–H and O–H groups in total. The van der Waals surface area contributed by atoms with E-state index < -0.39 is 39.5 Å². The van der Waals surface area contributed by atoms with Crippen molar-refractivity contribution in [3.05, 3.63) is 207 Å². The molecule has 0 saturated carbocycles. The Labute approximate surface area is 741 Å². The first kappa shape index (κ1) is 90.5. The van der Waals surface area contributed by atoms with E-state index >= 15 is 0 Å². The van der Waals surface area contributed by atoms with Crippen LogP contribution in [-0.4, -0.2) is 119 Å². The Bertz CT molecular complexity index is 5840. The summed E-state index contributed by atoms with van der Waals surface area (Å²) in [6, 6.07) is 53.7. The standard InChI is InChI=1S/C21H19BClNO3.C16H12BrClN2O.C15H7BrClNO.C12H24B2O4.C10H10BNO3.C6H4BrClIN.C4H8O.H2S/c1-20(2)21(3,4)27-22(26-20)13-9-10-14(23)19-17(13)18-16(25-19)11-12-7-5-6-8-15(12)24-18;1-21-13-8-9-4-2-3-5-12(9)20-16(13)14-10(17)6-7-11(18)15(14)19;16-9-5-6-10(17)15-13(9)14-12(19-15)7-8-3-1-2-4-11(8)18-14;1-9(2)10(3,4)16-13(15-9)14-17-11(5,6)12(7,8)18-14;1-15-9-6-7-4-2-3-5-8(7)12-10(9)11(13)14;7-3-1-2-4(8)6(10)5(3)9;1-2-4-5-3-1;/h5-11H,1-4H3;2-8H,19H2,1H3;1-7H;1-8H3;2-6,13-14H,1H3;1-2H,10H2;1-4H2;1H2. The van der Waals surface area contributed by atoms with Crippen LogP contribution in [0.3, 0.4) is 0 Å². The Hall–Kier alpha value is -6.22. The van der Waals surface area contributed by atoms with Gasteiger partial charge < -0.3 is 72.5 Å². The second-order valence-corrected chi connectivity index (χ2v) is 35.7. The molecular formula is C84H86B4Br3Cl4IN6O13S. The number of ether oxygens (including phenoxy) is 3. The number of benzene rings is 8. The summed E-state index contributed by atoms with van der Waals surface area (Å²) in [5.74, 6) is 1.03. The molecule has 4 saturated heterocycles. The van der Waals surface area contributed by atoms with Gasteiger partial charge in [-0.3, -0.25) is 4.98 Å². The van der Waals surface area contributed by atoms with Crippen molar-refractivity contribution < 1.29 is 61.0 Å². The van der Waals surface area contributed by atoms with Crippen LogP contribution in [0.2, 0.25) is 20.1 Å². The Morgan fingerprint density at radius 2 is 0.819 bits per heavy atom. The van der Waals surface area contributed by atoms with Crippen LogP contribution in [0.25, 0.3) is 99.0 Å². The third-order valence-electron chi connectivity index (χ3n) is 21.1.